The van der Waals surface area contributed by atoms with Crippen molar-refractivity contribution in [2.24, 2.45) is 11.5 Å². The topological polar surface area (TPSA) is 225 Å². The van der Waals surface area contributed by atoms with Gasteiger partial charge in [0.1, 0.15) is 30.0 Å². The highest BCUT2D eigenvalue weighted by Gasteiger charge is 2.27. The van der Waals surface area contributed by atoms with E-state index in [4.69, 9.17) is 16.2 Å². The van der Waals surface area contributed by atoms with Crippen LogP contribution < -0.4 is 42.9 Å². The molecule has 0 spiro atoms. The van der Waals surface area contributed by atoms with Gasteiger partial charge in [-0.1, -0.05) is 30.3 Å². The molecule has 2 aromatic carbocycles. The van der Waals surface area contributed by atoms with Crippen molar-refractivity contribution in [1.82, 2.24) is 30.5 Å². The number of aryl methyl sites for hydroxylation is 2. The fourth-order valence-corrected chi connectivity index (χ4v) is 5.39. The number of ether oxygens (including phenoxy) is 1. The molecule has 0 radical (unpaired) electrons. The van der Waals surface area contributed by atoms with Crippen LogP contribution in [0.5, 0.6) is 5.75 Å². The van der Waals surface area contributed by atoms with Gasteiger partial charge in [-0.2, -0.15) is 0 Å². The number of amides is 4. The van der Waals surface area contributed by atoms with E-state index in [-0.39, 0.29) is 54.2 Å². The van der Waals surface area contributed by atoms with E-state index in [1.54, 1.807) is 11.5 Å². The number of nitrogens with one attached hydrogen (secondary N) is 4. The Morgan fingerprint density at radius 2 is 1.86 bits per heavy atom. The summed E-state index contributed by atoms with van der Waals surface area (Å²) in [6.07, 6.45) is 3.44. The number of hydrogen-bond donors (Lipinski definition) is 6. The molecule has 5 rings (SSSR count). The van der Waals surface area contributed by atoms with Crippen LogP contribution >= 0.6 is 0 Å². The van der Waals surface area contributed by atoms with Crippen molar-refractivity contribution in [2.75, 3.05) is 25.0 Å². The van der Waals surface area contributed by atoms with Crippen molar-refractivity contribution in [2.45, 2.75) is 51.4 Å². The molecule has 3 heterocycles. The van der Waals surface area contributed by atoms with Gasteiger partial charge in [0.2, 0.25) is 17.2 Å². The largest absolute Gasteiger partial charge is 0.491 e. The van der Waals surface area contributed by atoms with Gasteiger partial charge < -0.3 is 42.0 Å². The Bertz CT molecular complexity index is 1930. The quantitative estimate of drug-likeness (QED) is 0.159. The highest BCUT2D eigenvalue weighted by atomic mass is 16.5. The van der Waals surface area contributed by atoms with Gasteiger partial charge in [0, 0.05) is 31.2 Å². The first-order valence-electron chi connectivity index (χ1n) is 15.9. The van der Waals surface area contributed by atoms with E-state index in [0.29, 0.717) is 24.3 Å². The lowest BCUT2D eigenvalue weighted by Crippen LogP contribution is -2.56. The second-order valence-electron chi connectivity index (χ2n) is 11.7. The van der Waals surface area contributed by atoms with Crippen molar-refractivity contribution in [3.63, 3.8) is 0 Å². The SMILES string of the molecule is CCn1cc(C(=O)Nc2ccc3c(c2)C(=O)NC[C@H](N)C(=O)N[C@@H](CCN)C(=O)N[C@H](Cc2ccccc2)CO3)c(=O)c2ncc(C)nc21. The molecule has 1 aliphatic heterocycles. The Morgan fingerprint density at radius 3 is 2.59 bits per heavy atom. The minimum Gasteiger partial charge on any atom is -0.491 e. The first kappa shape index (κ1) is 34.7. The molecule has 3 atom stereocenters. The van der Waals surface area contributed by atoms with Crippen LogP contribution in [0, 0.1) is 6.92 Å². The van der Waals surface area contributed by atoms with Gasteiger partial charge in [0.25, 0.3) is 11.8 Å². The number of anilines is 1. The average molecular weight is 670 g/mol. The number of rotatable bonds is 7. The summed E-state index contributed by atoms with van der Waals surface area (Å²) < 4.78 is 7.80. The fraction of sp³-hybridized carbons (Fsp3) is 0.324. The maximum Gasteiger partial charge on any atom is 0.261 e. The van der Waals surface area contributed by atoms with E-state index in [2.05, 4.69) is 31.2 Å². The summed E-state index contributed by atoms with van der Waals surface area (Å²) in [6, 6.07) is 11.2. The smallest absolute Gasteiger partial charge is 0.261 e. The Labute approximate surface area is 281 Å². The first-order valence-corrected chi connectivity index (χ1v) is 15.9. The van der Waals surface area contributed by atoms with E-state index in [0.717, 1.165) is 5.56 Å². The number of carbonyl (C=O) groups is 4. The minimum atomic E-state index is -1.19. The summed E-state index contributed by atoms with van der Waals surface area (Å²) in [6.45, 7) is 3.89. The predicted molar refractivity (Wildman–Crippen MR) is 182 cm³/mol. The second kappa shape index (κ2) is 15.5. The molecule has 49 heavy (non-hydrogen) atoms. The molecular formula is C34H39N9O6. The minimum absolute atomic E-state index is 0.0269. The highest BCUT2D eigenvalue weighted by Crippen LogP contribution is 2.24. The molecule has 15 nitrogen and oxygen atoms in total. The van der Waals surface area contributed by atoms with E-state index >= 15 is 0 Å². The molecule has 0 saturated heterocycles. The van der Waals surface area contributed by atoms with Gasteiger partial charge in [-0.05, 0) is 57.0 Å². The van der Waals surface area contributed by atoms with Crippen LogP contribution in [0.15, 0.2) is 65.7 Å². The normalized spacial score (nSPS) is 18.7. The van der Waals surface area contributed by atoms with Gasteiger partial charge in [0.05, 0.1) is 17.3 Å². The van der Waals surface area contributed by atoms with Crippen molar-refractivity contribution >= 4 is 40.5 Å². The monoisotopic (exact) mass is 669 g/mol. The summed E-state index contributed by atoms with van der Waals surface area (Å²) in [5, 5.41) is 10.9. The molecule has 2 aromatic heterocycles. The Balaban J connectivity index is 1.46. The maximum absolute atomic E-state index is 13.5. The summed E-state index contributed by atoms with van der Waals surface area (Å²) >= 11 is 0. The van der Waals surface area contributed by atoms with Crippen LogP contribution in [-0.4, -0.2) is 76.0 Å². The third-order valence-corrected chi connectivity index (χ3v) is 7.98. The van der Waals surface area contributed by atoms with Crippen molar-refractivity contribution in [3.05, 3.63) is 93.5 Å². The van der Waals surface area contributed by atoms with Gasteiger partial charge in [-0.3, -0.25) is 24.0 Å². The Kier molecular flexibility index (Phi) is 11.0. The van der Waals surface area contributed by atoms with Crippen molar-refractivity contribution in [1.29, 1.82) is 0 Å². The average Bonchev–Trinajstić information content (AvgIpc) is 3.09. The van der Waals surface area contributed by atoms with E-state index in [1.807, 2.05) is 37.3 Å². The molecule has 0 unspecified atom stereocenters. The van der Waals surface area contributed by atoms with Crippen LogP contribution in [0.25, 0.3) is 11.2 Å². The van der Waals surface area contributed by atoms with Crippen LogP contribution in [0.1, 0.15) is 45.3 Å². The third-order valence-electron chi connectivity index (χ3n) is 7.98. The number of aromatic nitrogens is 3. The second-order valence-corrected chi connectivity index (χ2v) is 11.7. The van der Waals surface area contributed by atoms with Gasteiger partial charge in [0.15, 0.2) is 11.2 Å². The van der Waals surface area contributed by atoms with E-state index in [1.165, 1.54) is 30.6 Å². The van der Waals surface area contributed by atoms with Gasteiger partial charge in [-0.25, -0.2) is 9.97 Å². The molecular weight excluding hydrogens is 630 g/mol. The number of carbonyl (C=O) groups excluding carboxylic acids is 4. The van der Waals surface area contributed by atoms with Crippen molar-refractivity contribution in [3.8, 4) is 5.75 Å². The van der Waals surface area contributed by atoms with E-state index in [9.17, 15) is 24.0 Å². The molecule has 256 valence electrons. The lowest BCUT2D eigenvalue weighted by Gasteiger charge is -2.26. The number of hydrogen-bond acceptors (Lipinski definition) is 10. The Hall–Kier alpha value is -5.67. The number of pyridine rings is 1. The van der Waals surface area contributed by atoms with Gasteiger partial charge in [-0.15, -0.1) is 0 Å². The number of nitrogens with two attached hydrogens (primary N) is 2. The summed E-state index contributed by atoms with van der Waals surface area (Å²) in [5.41, 5.74) is 13.3. The number of nitrogens with zero attached hydrogens (tertiary/aromatic N) is 3. The molecule has 0 bridgehead atoms. The summed E-state index contributed by atoms with van der Waals surface area (Å²) in [4.78, 5) is 75.0. The lowest BCUT2D eigenvalue weighted by atomic mass is 10.0. The fourth-order valence-electron chi connectivity index (χ4n) is 5.39. The highest BCUT2D eigenvalue weighted by molar-refractivity contribution is 6.06. The number of benzene rings is 2. The molecule has 0 fully saturated rings. The first-order chi connectivity index (χ1) is 23.6. The molecule has 0 saturated carbocycles. The van der Waals surface area contributed by atoms with E-state index < -0.39 is 47.2 Å². The molecule has 4 amide bonds. The molecule has 15 heteroatoms. The molecule has 8 N–H and O–H groups in total. The van der Waals surface area contributed by atoms with Gasteiger partial charge >= 0.3 is 0 Å². The maximum atomic E-state index is 13.5. The molecule has 0 aliphatic carbocycles. The molecule has 4 aromatic rings. The third kappa shape index (κ3) is 8.25. The van der Waals surface area contributed by atoms with Crippen LogP contribution in [0.4, 0.5) is 5.69 Å². The Morgan fingerprint density at radius 1 is 1.08 bits per heavy atom. The standard InChI is InChI=1S/C34H39N9O6/c1-3-43-17-24(29(44)28-30(43)39-19(2)15-37-28)32(46)40-21-9-10-27-23(14-21)31(45)38-16-25(36)33(47)42-26(11-12-35)34(48)41-22(18-49-27)13-20-7-5-4-6-8-20/h4-10,14-15,17,22,25-26H,3,11-13,16,18,35-36H2,1-2H3,(H,38,45)(H,40,46)(H,41,48)(H,42,47)/t22-,25+,26+/m1/s1. The van der Waals surface area contributed by atoms with Crippen LogP contribution in [0.2, 0.25) is 0 Å². The van der Waals surface area contributed by atoms with Crippen LogP contribution in [-0.2, 0) is 22.6 Å². The summed E-state index contributed by atoms with van der Waals surface area (Å²) in [7, 11) is 0. The zero-order valence-electron chi connectivity index (χ0n) is 27.2. The predicted octanol–water partition coefficient (Wildman–Crippen LogP) is 0.383. The van der Waals surface area contributed by atoms with Crippen LogP contribution in [0.3, 0.4) is 0 Å². The van der Waals surface area contributed by atoms with Crippen molar-refractivity contribution < 1.29 is 23.9 Å². The molecule has 1 aliphatic rings. The zero-order chi connectivity index (χ0) is 35.1. The zero-order valence-corrected chi connectivity index (χ0v) is 27.2. The lowest BCUT2D eigenvalue weighted by molar-refractivity contribution is -0.130. The number of fused-ring (bicyclic) bond motifs is 2. The summed E-state index contributed by atoms with van der Waals surface area (Å²) in [5.74, 6) is -2.28.